The van der Waals surface area contributed by atoms with Gasteiger partial charge in [-0.1, -0.05) is 6.07 Å². The summed E-state index contributed by atoms with van der Waals surface area (Å²) in [5, 5.41) is 0. The maximum atomic E-state index is 10.9. The highest BCUT2D eigenvalue weighted by atomic mass is 16.5. The van der Waals surface area contributed by atoms with E-state index in [0.717, 1.165) is 23.0 Å². The van der Waals surface area contributed by atoms with Crippen LogP contribution in [0, 0.1) is 13.8 Å². The molecule has 0 fully saturated rings. The second kappa shape index (κ2) is 5.26. The molecule has 84 valence electrons. The van der Waals surface area contributed by atoms with E-state index in [1.165, 1.54) is 13.2 Å². The van der Waals surface area contributed by atoms with Gasteiger partial charge < -0.3 is 4.74 Å². The number of aldehydes is 1. The van der Waals surface area contributed by atoms with E-state index in [1.807, 2.05) is 19.9 Å². The Bertz CT molecular complexity index is 445. The van der Waals surface area contributed by atoms with E-state index in [-0.39, 0.29) is 0 Å². The third-order valence-corrected chi connectivity index (χ3v) is 2.43. The van der Waals surface area contributed by atoms with Gasteiger partial charge in [0.1, 0.15) is 0 Å². The molecule has 0 saturated carbocycles. The molecule has 0 aliphatic heterocycles. The Labute approximate surface area is 94.7 Å². The number of benzene rings is 1. The van der Waals surface area contributed by atoms with Gasteiger partial charge in [-0.2, -0.15) is 0 Å². The van der Waals surface area contributed by atoms with Gasteiger partial charge in [0.25, 0.3) is 0 Å². The highest BCUT2D eigenvalue weighted by Gasteiger charge is 2.02. The summed E-state index contributed by atoms with van der Waals surface area (Å²) in [7, 11) is 1.31. The van der Waals surface area contributed by atoms with Crippen LogP contribution in [0.1, 0.15) is 27.0 Å². The fraction of sp³-hybridized carbons (Fsp3) is 0.231. The molecule has 1 rings (SSSR count). The average Bonchev–Trinajstić information content (AvgIpc) is 2.29. The number of methoxy groups -OCH3 is 1. The molecule has 0 spiro atoms. The summed E-state index contributed by atoms with van der Waals surface area (Å²) in [5.41, 5.74) is 3.43. The molecule has 3 heteroatoms. The Morgan fingerprint density at radius 1 is 1.19 bits per heavy atom. The Kier molecular flexibility index (Phi) is 4.00. The topological polar surface area (TPSA) is 43.4 Å². The van der Waals surface area contributed by atoms with Crippen molar-refractivity contribution >= 4 is 18.3 Å². The standard InChI is InChI=1S/C13H14O3/c1-9-6-11(4-5-13(15)16-3)12(8-14)7-10(9)2/h4-8H,1-3H3/b5-4+. The smallest absolute Gasteiger partial charge is 0.330 e. The van der Waals surface area contributed by atoms with Crippen LogP contribution in [0.4, 0.5) is 0 Å². The lowest BCUT2D eigenvalue weighted by atomic mass is 10.0. The van der Waals surface area contributed by atoms with Crippen molar-refractivity contribution in [3.05, 3.63) is 40.5 Å². The molecule has 0 aliphatic carbocycles. The fourth-order valence-electron chi connectivity index (χ4n) is 1.33. The first-order valence-electron chi connectivity index (χ1n) is 4.91. The summed E-state index contributed by atoms with van der Waals surface area (Å²) in [6.07, 6.45) is 3.67. The van der Waals surface area contributed by atoms with Crippen molar-refractivity contribution in [1.29, 1.82) is 0 Å². The van der Waals surface area contributed by atoms with Crippen molar-refractivity contribution in [3.63, 3.8) is 0 Å². The molecular weight excluding hydrogens is 204 g/mol. The number of esters is 1. The van der Waals surface area contributed by atoms with Crippen LogP contribution in [0.5, 0.6) is 0 Å². The molecule has 0 amide bonds. The predicted octanol–water partition coefficient (Wildman–Crippen LogP) is 2.30. The molecule has 0 heterocycles. The molecule has 1 aromatic rings. The van der Waals surface area contributed by atoms with E-state index >= 15 is 0 Å². The summed E-state index contributed by atoms with van der Waals surface area (Å²) in [4.78, 5) is 21.8. The minimum Gasteiger partial charge on any atom is -0.466 e. The van der Waals surface area contributed by atoms with Gasteiger partial charge >= 0.3 is 5.97 Å². The SMILES string of the molecule is COC(=O)/C=C/c1cc(C)c(C)cc1C=O. The second-order valence-electron chi connectivity index (χ2n) is 3.54. The number of carbonyl (C=O) groups is 2. The molecule has 3 nitrogen and oxygen atoms in total. The van der Waals surface area contributed by atoms with Crippen LogP contribution in [0.2, 0.25) is 0 Å². The van der Waals surface area contributed by atoms with E-state index in [1.54, 1.807) is 12.1 Å². The monoisotopic (exact) mass is 218 g/mol. The van der Waals surface area contributed by atoms with Gasteiger partial charge in [0.15, 0.2) is 6.29 Å². The zero-order chi connectivity index (χ0) is 12.1. The Morgan fingerprint density at radius 2 is 1.75 bits per heavy atom. The molecule has 0 atom stereocenters. The van der Waals surface area contributed by atoms with Crippen LogP contribution in [-0.4, -0.2) is 19.4 Å². The normalized spacial score (nSPS) is 10.4. The van der Waals surface area contributed by atoms with Crippen molar-refractivity contribution in [3.8, 4) is 0 Å². The third-order valence-electron chi connectivity index (χ3n) is 2.43. The molecule has 0 unspecified atom stereocenters. The molecule has 0 aromatic heterocycles. The molecule has 1 aromatic carbocycles. The number of aryl methyl sites for hydroxylation is 2. The lowest BCUT2D eigenvalue weighted by Crippen LogP contribution is -1.95. The van der Waals surface area contributed by atoms with Crippen molar-refractivity contribution in [1.82, 2.24) is 0 Å². The van der Waals surface area contributed by atoms with Crippen molar-refractivity contribution in [2.45, 2.75) is 13.8 Å². The lowest BCUT2D eigenvalue weighted by Gasteiger charge is -2.04. The Balaban J connectivity index is 3.12. The molecule has 0 N–H and O–H groups in total. The van der Waals surface area contributed by atoms with Crippen molar-refractivity contribution in [2.24, 2.45) is 0 Å². The maximum absolute atomic E-state index is 10.9. The van der Waals surface area contributed by atoms with Crippen LogP contribution in [0.15, 0.2) is 18.2 Å². The van der Waals surface area contributed by atoms with Gasteiger partial charge in [0.2, 0.25) is 0 Å². The van der Waals surface area contributed by atoms with Crippen LogP contribution >= 0.6 is 0 Å². The average molecular weight is 218 g/mol. The number of hydrogen-bond donors (Lipinski definition) is 0. The van der Waals surface area contributed by atoms with Crippen molar-refractivity contribution < 1.29 is 14.3 Å². The Morgan fingerprint density at radius 3 is 2.25 bits per heavy atom. The highest BCUT2D eigenvalue weighted by Crippen LogP contribution is 2.16. The molecule has 0 saturated heterocycles. The number of rotatable bonds is 3. The zero-order valence-corrected chi connectivity index (χ0v) is 9.61. The maximum Gasteiger partial charge on any atom is 0.330 e. The predicted molar refractivity (Wildman–Crippen MR) is 62.4 cm³/mol. The van der Waals surface area contributed by atoms with E-state index in [0.29, 0.717) is 5.56 Å². The fourth-order valence-corrected chi connectivity index (χ4v) is 1.33. The molecular formula is C13H14O3. The van der Waals surface area contributed by atoms with Gasteiger partial charge in [-0.15, -0.1) is 0 Å². The second-order valence-corrected chi connectivity index (χ2v) is 3.54. The first-order chi connectivity index (χ1) is 7.58. The van der Waals surface area contributed by atoms with Crippen LogP contribution in [0.3, 0.4) is 0 Å². The first-order valence-corrected chi connectivity index (χ1v) is 4.91. The van der Waals surface area contributed by atoms with Crippen LogP contribution < -0.4 is 0 Å². The minimum atomic E-state index is -0.435. The molecule has 0 aliphatic rings. The summed E-state index contributed by atoms with van der Waals surface area (Å²) in [6, 6.07) is 3.68. The lowest BCUT2D eigenvalue weighted by molar-refractivity contribution is -0.134. The summed E-state index contributed by atoms with van der Waals surface area (Å²) in [6.45, 7) is 3.90. The summed E-state index contributed by atoms with van der Waals surface area (Å²) in [5.74, 6) is -0.435. The largest absolute Gasteiger partial charge is 0.466 e. The quantitative estimate of drug-likeness (QED) is 0.444. The number of hydrogen-bond acceptors (Lipinski definition) is 3. The van der Waals surface area contributed by atoms with Crippen LogP contribution in [0.25, 0.3) is 6.08 Å². The van der Waals surface area contributed by atoms with E-state index in [4.69, 9.17) is 0 Å². The van der Waals surface area contributed by atoms with Gasteiger partial charge in [-0.3, -0.25) is 4.79 Å². The van der Waals surface area contributed by atoms with Gasteiger partial charge in [-0.25, -0.2) is 4.79 Å². The summed E-state index contributed by atoms with van der Waals surface area (Å²) < 4.78 is 4.49. The van der Waals surface area contributed by atoms with Crippen LogP contribution in [-0.2, 0) is 9.53 Å². The van der Waals surface area contributed by atoms with E-state index in [2.05, 4.69) is 4.74 Å². The van der Waals surface area contributed by atoms with Crippen molar-refractivity contribution in [2.75, 3.05) is 7.11 Å². The van der Waals surface area contributed by atoms with Gasteiger partial charge in [0, 0.05) is 11.6 Å². The van der Waals surface area contributed by atoms with Gasteiger partial charge in [0.05, 0.1) is 7.11 Å². The van der Waals surface area contributed by atoms with Gasteiger partial charge in [-0.05, 0) is 42.7 Å². The van der Waals surface area contributed by atoms with E-state index in [9.17, 15) is 9.59 Å². The minimum absolute atomic E-state index is 0.435. The summed E-state index contributed by atoms with van der Waals surface area (Å²) >= 11 is 0. The Hall–Kier alpha value is -1.90. The zero-order valence-electron chi connectivity index (χ0n) is 9.61. The molecule has 0 radical (unpaired) electrons. The third kappa shape index (κ3) is 2.79. The van der Waals surface area contributed by atoms with E-state index < -0.39 is 5.97 Å². The number of ether oxygens (including phenoxy) is 1. The highest BCUT2D eigenvalue weighted by molar-refractivity contribution is 5.90. The number of carbonyl (C=O) groups excluding carboxylic acids is 2. The molecule has 16 heavy (non-hydrogen) atoms. The first kappa shape index (κ1) is 12.2. The molecule has 0 bridgehead atoms.